The van der Waals surface area contributed by atoms with E-state index in [0.717, 1.165) is 16.7 Å². The quantitative estimate of drug-likeness (QED) is 0.251. The van der Waals surface area contributed by atoms with Gasteiger partial charge in [0.25, 0.3) is 11.8 Å². The number of hydroxylamine groups is 2. The van der Waals surface area contributed by atoms with Crippen LogP contribution in [-0.2, 0) is 34.2 Å². The fourth-order valence-corrected chi connectivity index (χ4v) is 5.83. The second-order valence-corrected chi connectivity index (χ2v) is 14.2. The van der Waals surface area contributed by atoms with Gasteiger partial charge in [-0.15, -0.1) is 5.06 Å². The molecule has 10 heteroatoms. The summed E-state index contributed by atoms with van der Waals surface area (Å²) >= 11 is 0. The van der Waals surface area contributed by atoms with Gasteiger partial charge in [-0.05, 0) is 42.0 Å². The number of likely N-dealkylation sites (N-methyl/N-ethyl adjacent to an activating group) is 2. The summed E-state index contributed by atoms with van der Waals surface area (Å²) in [4.78, 5) is 71.5. The lowest BCUT2D eigenvalue weighted by molar-refractivity contribution is -0.194. The number of nitrogens with zero attached hydrogens (tertiary/aromatic N) is 2. The molecule has 10 nitrogen and oxygen atoms in total. The van der Waals surface area contributed by atoms with Crippen LogP contribution in [0.15, 0.2) is 66.2 Å². The van der Waals surface area contributed by atoms with E-state index < -0.39 is 46.7 Å². The summed E-state index contributed by atoms with van der Waals surface area (Å²) in [6.07, 6.45) is 1.58. The smallest absolute Gasteiger partial charge is 0.342 e. The number of amides is 4. The zero-order chi connectivity index (χ0) is 35.3. The van der Waals surface area contributed by atoms with E-state index in [9.17, 15) is 24.0 Å². The van der Waals surface area contributed by atoms with Crippen LogP contribution >= 0.6 is 0 Å². The second-order valence-electron chi connectivity index (χ2n) is 14.2. The molecule has 0 saturated carbocycles. The highest BCUT2D eigenvalue weighted by Crippen LogP contribution is 2.32. The van der Waals surface area contributed by atoms with Gasteiger partial charge < -0.3 is 20.4 Å². The molecule has 3 rings (SSSR count). The molecule has 2 aromatic carbocycles. The Morgan fingerprint density at radius 3 is 2.00 bits per heavy atom. The van der Waals surface area contributed by atoms with Crippen LogP contribution in [0.5, 0.6) is 0 Å². The highest BCUT2D eigenvalue weighted by atomic mass is 16.7. The average Bonchev–Trinajstić information content (AvgIpc) is 3.33. The predicted octanol–water partition coefficient (Wildman–Crippen LogP) is 4.79. The first-order valence-corrected chi connectivity index (χ1v) is 16.1. The minimum absolute atomic E-state index is 0.00763. The normalized spacial score (nSPS) is 16.1. The van der Waals surface area contributed by atoms with Crippen molar-refractivity contribution >= 4 is 29.6 Å². The molecular weight excluding hydrogens is 596 g/mol. The van der Waals surface area contributed by atoms with Crippen LogP contribution < -0.4 is 10.6 Å². The van der Waals surface area contributed by atoms with Crippen LogP contribution in [0.25, 0.3) is 11.1 Å². The third-order valence-electron chi connectivity index (χ3n) is 8.79. The first-order valence-electron chi connectivity index (χ1n) is 16.1. The fraction of sp³-hybridized carbons (Fsp3) is 0.486. The van der Waals surface area contributed by atoms with Crippen LogP contribution in [0.1, 0.15) is 73.8 Å². The van der Waals surface area contributed by atoms with E-state index in [0.29, 0.717) is 5.06 Å². The largest absolute Gasteiger partial charge is 0.359 e. The van der Waals surface area contributed by atoms with Gasteiger partial charge in [0, 0.05) is 30.9 Å². The molecule has 0 aromatic heterocycles. The Balaban J connectivity index is 1.85. The van der Waals surface area contributed by atoms with E-state index in [4.69, 9.17) is 4.84 Å². The molecule has 1 aliphatic heterocycles. The molecule has 4 amide bonds. The Hall–Kier alpha value is -4.31. The summed E-state index contributed by atoms with van der Waals surface area (Å²) in [7, 11) is 3.37. The van der Waals surface area contributed by atoms with Crippen molar-refractivity contribution in [1.29, 1.82) is 0 Å². The highest BCUT2D eigenvalue weighted by molar-refractivity contribution is 6.02. The summed E-state index contributed by atoms with van der Waals surface area (Å²) in [5.74, 6) is -2.76. The van der Waals surface area contributed by atoms with Gasteiger partial charge in [-0.1, -0.05) is 109 Å². The highest BCUT2D eigenvalue weighted by Gasteiger charge is 2.42. The molecule has 1 heterocycles. The molecule has 1 fully saturated rings. The number of carbonyl (C=O) groups excluding carboxylic acids is 5. The summed E-state index contributed by atoms with van der Waals surface area (Å²) in [6, 6.07) is 16.0. The first-order chi connectivity index (χ1) is 21.9. The maximum absolute atomic E-state index is 14.2. The van der Waals surface area contributed by atoms with Gasteiger partial charge in [-0.2, -0.15) is 0 Å². The van der Waals surface area contributed by atoms with E-state index >= 15 is 0 Å². The zero-order valence-electron chi connectivity index (χ0n) is 29.3. The fourth-order valence-electron chi connectivity index (χ4n) is 5.83. The minimum atomic E-state index is -0.899. The topological polar surface area (TPSA) is 125 Å². The molecule has 0 spiro atoms. The van der Waals surface area contributed by atoms with Gasteiger partial charge >= 0.3 is 5.97 Å². The summed E-state index contributed by atoms with van der Waals surface area (Å²) < 4.78 is 0. The maximum atomic E-state index is 14.2. The van der Waals surface area contributed by atoms with Gasteiger partial charge in [-0.3, -0.25) is 19.2 Å². The first kappa shape index (κ1) is 37.2. The van der Waals surface area contributed by atoms with E-state index in [1.807, 2.05) is 97.0 Å². The molecule has 0 unspecified atom stereocenters. The Labute approximate surface area is 278 Å². The van der Waals surface area contributed by atoms with Gasteiger partial charge in [0.1, 0.15) is 6.04 Å². The van der Waals surface area contributed by atoms with Crippen molar-refractivity contribution in [2.75, 3.05) is 14.1 Å². The molecule has 0 bridgehead atoms. The van der Waals surface area contributed by atoms with Crippen LogP contribution in [0, 0.1) is 11.3 Å². The number of rotatable bonds is 12. The molecule has 2 N–H and O–H groups in total. The molecular formula is C37H50N4O6. The lowest BCUT2D eigenvalue weighted by atomic mass is 9.76. The van der Waals surface area contributed by atoms with Crippen LogP contribution in [0.4, 0.5) is 0 Å². The van der Waals surface area contributed by atoms with Crippen molar-refractivity contribution in [2.45, 2.75) is 91.8 Å². The summed E-state index contributed by atoms with van der Waals surface area (Å²) in [5, 5.41) is 6.74. The van der Waals surface area contributed by atoms with E-state index in [1.165, 1.54) is 11.8 Å². The molecule has 1 aliphatic rings. The van der Waals surface area contributed by atoms with Gasteiger partial charge in [0.2, 0.25) is 11.8 Å². The zero-order valence-corrected chi connectivity index (χ0v) is 29.3. The van der Waals surface area contributed by atoms with Crippen molar-refractivity contribution in [3.05, 3.63) is 71.8 Å². The molecule has 254 valence electrons. The Morgan fingerprint density at radius 1 is 0.894 bits per heavy atom. The van der Waals surface area contributed by atoms with Crippen molar-refractivity contribution < 1.29 is 28.8 Å². The molecule has 1 saturated heterocycles. The third kappa shape index (κ3) is 8.74. The monoisotopic (exact) mass is 646 g/mol. The third-order valence-corrected chi connectivity index (χ3v) is 8.79. The Bertz CT molecular complexity index is 1490. The van der Waals surface area contributed by atoms with E-state index in [-0.39, 0.29) is 36.1 Å². The average molecular weight is 647 g/mol. The summed E-state index contributed by atoms with van der Waals surface area (Å²) in [5.41, 5.74) is 1.91. The number of hydrogen-bond donors (Lipinski definition) is 2. The van der Waals surface area contributed by atoms with Gasteiger partial charge in [-0.25, -0.2) is 4.79 Å². The van der Waals surface area contributed by atoms with Crippen molar-refractivity contribution in [3.63, 3.8) is 0 Å². The number of nitrogens with one attached hydrogen (secondary N) is 2. The van der Waals surface area contributed by atoms with E-state index in [2.05, 4.69) is 16.7 Å². The van der Waals surface area contributed by atoms with Crippen LogP contribution in [0.3, 0.4) is 0 Å². The number of carbonyl (C=O) groups is 5. The van der Waals surface area contributed by atoms with Gasteiger partial charge in [0.05, 0.1) is 12.1 Å². The maximum Gasteiger partial charge on any atom is 0.359 e. The SMILES string of the molecule is CN[C@H](C(=O)N[C@H](C(=O)N(C)[C@H](/C=C(\C)C(=O)ON1C(=O)CCC1=O)C(C)C)C(C)(C)C)C(C)(C)c1cccc(-c2ccccc2)c1. The molecule has 47 heavy (non-hydrogen) atoms. The second kappa shape index (κ2) is 15.1. The van der Waals surface area contributed by atoms with E-state index in [1.54, 1.807) is 20.2 Å². The number of imide groups is 1. The Morgan fingerprint density at radius 2 is 1.47 bits per heavy atom. The van der Waals surface area contributed by atoms with Crippen molar-refractivity contribution in [1.82, 2.24) is 20.6 Å². The van der Waals surface area contributed by atoms with Crippen LogP contribution in [0.2, 0.25) is 0 Å². The number of benzene rings is 2. The Kier molecular flexibility index (Phi) is 11.9. The molecule has 3 atom stereocenters. The molecule has 2 aromatic rings. The summed E-state index contributed by atoms with van der Waals surface area (Å²) in [6.45, 7) is 15.0. The molecule has 0 radical (unpaired) electrons. The van der Waals surface area contributed by atoms with Crippen molar-refractivity contribution in [2.24, 2.45) is 11.3 Å². The lowest BCUT2D eigenvalue weighted by Crippen LogP contribution is -2.61. The lowest BCUT2D eigenvalue weighted by Gasteiger charge is -2.40. The number of hydrogen-bond acceptors (Lipinski definition) is 7. The minimum Gasteiger partial charge on any atom is -0.342 e. The van der Waals surface area contributed by atoms with Gasteiger partial charge in [0.15, 0.2) is 0 Å². The van der Waals surface area contributed by atoms with Crippen molar-refractivity contribution in [3.8, 4) is 11.1 Å². The standard InChI is InChI=1S/C37H50N4O6/c1-23(2)28(21-24(3)35(46)47-41-29(42)19-20-30(41)43)40(10)34(45)32(36(4,5)6)39-33(44)31(38-9)37(7,8)27-18-14-17-26(22-27)25-15-12-11-13-16-25/h11-18,21-23,28,31-32,38H,19-20H2,1-10H3,(H,39,44)/b24-21+/t28-,31-,32-/m1/s1. The van der Waals surface area contributed by atoms with Crippen LogP contribution in [-0.4, -0.2) is 71.8 Å². The predicted molar refractivity (Wildman–Crippen MR) is 181 cm³/mol. The molecule has 0 aliphatic carbocycles.